The van der Waals surface area contributed by atoms with Gasteiger partial charge in [0.05, 0.1) is 0 Å². The van der Waals surface area contributed by atoms with Gasteiger partial charge in [0.1, 0.15) is 0 Å². The maximum absolute atomic E-state index is 11.8. The Morgan fingerprint density at radius 2 is 2.21 bits per heavy atom. The lowest BCUT2D eigenvalue weighted by atomic mass is 9.70. The van der Waals surface area contributed by atoms with Crippen molar-refractivity contribution < 1.29 is 4.79 Å². The Hall–Kier alpha value is -0.280. The number of carbonyl (C=O) groups is 1. The molecular weight excluding hydrogens is 200 g/mol. The van der Waals surface area contributed by atoms with Crippen LogP contribution in [0.5, 0.6) is 0 Å². The highest BCUT2D eigenvalue weighted by molar-refractivity contribution is 5.85. The lowest BCUT2D eigenvalue weighted by Crippen LogP contribution is -2.48. The molecule has 2 rings (SSSR count). The fourth-order valence-corrected chi connectivity index (χ4v) is 2.07. The monoisotopic (exact) mass is 218 g/mol. The van der Waals surface area contributed by atoms with Crippen LogP contribution in [0.25, 0.3) is 0 Å². The Morgan fingerprint density at radius 1 is 1.50 bits per heavy atom. The topological polar surface area (TPSA) is 41.1 Å². The van der Waals surface area contributed by atoms with Crippen LogP contribution in [0.1, 0.15) is 32.6 Å². The third-order valence-corrected chi connectivity index (χ3v) is 3.40. The van der Waals surface area contributed by atoms with Gasteiger partial charge >= 0.3 is 0 Å². The largest absolute Gasteiger partial charge is 0.352 e. The minimum absolute atomic E-state index is 0. The molecule has 3 nitrogen and oxygen atoms in total. The number of nitrogens with one attached hydrogen (secondary N) is 2. The molecule has 2 N–H and O–H groups in total. The standard InChI is InChI=1S/C10H18N2O.ClH/c1-10(4-2-5-10)9(13)12-8-3-6-11-7-8;/h8,11H,2-7H2,1H3,(H,12,13);1H/t8-;/m1./s1. The number of hydrogen-bond acceptors (Lipinski definition) is 2. The maximum Gasteiger partial charge on any atom is 0.226 e. The first kappa shape index (κ1) is 11.8. The molecule has 1 atom stereocenters. The molecule has 0 aromatic rings. The number of rotatable bonds is 2. The Bertz CT molecular complexity index is 210. The van der Waals surface area contributed by atoms with Crippen molar-refractivity contribution in [3.8, 4) is 0 Å². The summed E-state index contributed by atoms with van der Waals surface area (Å²) in [5.74, 6) is 0.271. The van der Waals surface area contributed by atoms with Gasteiger partial charge in [0.2, 0.25) is 5.91 Å². The molecule has 2 aliphatic rings. The predicted molar refractivity (Wildman–Crippen MR) is 58.6 cm³/mol. The molecule has 0 spiro atoms. The summed E-state index contributed by atoms with van der Waals surface area (Å²) in [4.78, 5) is 11.8. The van der Waals surface area contributed by atoms with E-state index in [4.69, 9.17) is 0 Å². The third kappa shape index (κ3) is 2.20. The summed E-state index contributed by atoms with van der Waals surface area (Å²) in [7, 11) is 0. The van der Waals surface area contributed by atoms with E-state index < -0.39 is 0 Å². The van der Waals surface area contributed by atoms with Crippen LogP contribution in [0.3, 0.4) is 0 Å². The van der Waals surface area contributed by atoms with Gasteiger partial charge in [-0.1, -0.05) is 13.3 Å². The molecule has 14 heavy (non-hydrogen) atoms. The highest BCUT2D eigenvalue weighted by atomic mass is 35.5. The summed E-state index contributed by atoms with van der Waals surface area (Å²) in [6.07, 6.45) is 4.44. The van der Waals surface area contributed by atoms with E-state index in [-0.39, 0.29) is 23.7 Å². The van der Waals surface area contributed by atoms with Crippen molar-refractivity contribution in [1.82, 2.24) is 10.6 Å². The van der Waals surface area contributed by atoms with Gasteiger partial charge in [0.25, 0.3) is 0 Å². The molecule has 1 aliphatic carbocycles. The molecule has 82 valence electrons. The van der Waals surface area contributed by atoms with Gasteiger partial charge < -0.3 is 10.6 Å². The van der Waals surface area contributed by atoms with Crippen molar-refractivity contribution in [2.75, 3.05) is 13.1 Å². The van der Waals surface area contributed by atoms with E-state index in [9.17, 15) is 4.79 Å². The van der Waals surface area contributed by atoms with Gasteiger partial charge in [0, 0.05) is 18.0 Å². The van der Waals surface area contributed by atoms with Crippen LogP contribution in [0.2, 0.25) is 0 Å². The summed E-state index contributed by atoms with van der Waals surface area (Å²) in [5.41, 5.74) is -0.0391. The van der Waals surface area contributed by atoms with Crippen molar-refractivity contribution in [3.63, 3.8) is 0 Å². The van der Waals surface area contributed by atoms with Gasteiger partial charge in [-0.3, -0.25) is 4.79 Å². The summed E-state index contributed by atoms with van der Waals surface area (Å²) < 4.78 is 0. The quantitative estimate of drug-likeness (QED) is 0.728. The lowest BCUT2D eigenvalue weighted by molar-refractivity contribution is -0.135. The van der Waals surface area contributed by atoms with E-state index in [1.54, 1.807) is 0 Å². The number of carbonyl (C=O) groups excluding carboxylic acids is 1. The van der Waals surface area contributed by atoms with Gasteiger partial charge in [-0.15, -0.1) is 12.4 Å². The predicted octanol–water partition coefficient (Wildman–Crippen LogP) is 1.08. The third-order valence-electron chi connectivity index (χ3n) is 3.40. The minimum atomic E-state index is -0.0391. The summed E-state index contributed by atoms with van der Waals surface area (Å²) in [5, 5.41) is 6.37. The van der Waals surface area contributed by atoms with Crippen LogP contribution in [0.4, 0.5) is 0 Å². The Balaban J connectivity index is 0.000000980. The van der Waals surface area contributed by atoms with E-state index in [1.807, 2.05) is 0 Å². The Kier molecular flexibility index (Phi) is 3.78. The smallest absolute Gasteiger partial charge is 0.226 e. The van der Waals surface area contributed by atoms with Gasteiger partial charge in [-0.25, -0.2) is 0 Å². The van der Waals surface area contributed by atoms with Crippen LogP contribution in [0.15, 0.2) is 0 Å². The molecule has 1 saturated heterocycles. The second kappa shape index (κ2) is 4.49. The summed E-state index contributed by atoms with van der Waals surface area (Å²) in [6, 6.07) is 0.380. The number of halogens is 1. The van der Waals surface area contributed by atoms with Crippen molar-refractivity contribution in [1.29, 1.82) is 0 Å². The maximum atomic E-state index is 11.8. The van der Waals surface area contributed by atoms with Crippen LogP contribution in [0, 0.1) is 5.41 Å². The molecule has 0 unspecified atom stereocenters. The molecule has 1 aliphatic heterocycles. The number of amides is 1. The SMILES string of the molecule is CC1(C(=O)N[C@@H]2CCNC2)CCC1.Cl. The first-order chi connectivity index (χ1) is 6.21. The van der Waals surface area contributed by atoms with Crippen molar-refractivity contribution in [3.05, 3.63) is 0 Å². The Morgan fingerprint density at radius 3 is 2.64 bits per heavy atom. The van der Waals surface area contributed by atoms with E-state index in [2.05, 4.69) is 17.6 Å². The fourth-order valence-electron chi connectivity index (χ4n) is 2.07. The average Bonchev–Trinajstić information content (AvgIpc) is 2.52. The first-order valence-electron chi connectivity index (χ1n) is 5.22. The minimum Gasteiger partial charge on any atom is -0.352 e. The van der Waals surface area contributed by atoms with Gasteiger partial charge in [-0.2, -0.15) is 0 Å². The lowest BCUT2D eigenvalue weighted by Gasteiger charge is -2.37. The summed E-state index contributed by atoms with van der Waals surface area (Å²) in [6.45, 7) is 4.07. The molecule has 0 aromatic heterocycles. The van der Waals surface area contributed by atoms with E-state index in [0.29, 0.717) is 6.04 Å². The summed E-state index contributed by atoms with van der Waals surface area (Å²) >= 11 is 0. The first-order valence-corrected chi connectivity index (χ1v) is 5.22. The molecule has 1 saturated carbocycles. The second-order valence-electron chi connectivity index (χ2n) is 4.58. The average molecular weight is 219 g/mol. The second-order valence-corrected chi connectivity index (χ2v) is 4.58. The Labute approximate surface area is 91.4 Å². The van der Waals surface area contributed by atoms with Gasteiger partial charge in [-0.05, 0) is 25.8 Å². The molecule has 1 amide bonds. The zero-order valence-electron chi connectivity index (χ0n) is 8.64. The van der Waals surface area contributed by atoms with Gasteiger partial charge in [0.15, 0.2) is 0 Å². The molecule has 4 heteroatoms. The fraction of sp³-hybridized carbons (Fsp3) is 0.900. The normalized spacial score (nSPS) is 28.8. The van der Waals surface area contributed by atoms with E-state index in [0.717, 1.165) is 32.4 Å². The molecule has 1 heterocycles. The molecule has 2 fully saturated rings. The molecule has 0 aromatic carbocycles. The van der Waals surface area contributed by atoms with Crippen LogP contribution in [-0.2, 0) is 4.79 Å². The van der Waals surface area contributed by atoms with Crippen LogP contribution >= 0.6 is 12.4 Å². The highest BCUT2D eigenvalue weighted by Crippen LogP contribution is 2.40. The number of hydrogen-bond donors (Lipinski definition) is 2. The molecule has 0 radical (unpaired) electrons. The highest BCUT2D eigenvalue weighted by Gasteiger charge is 2.39. The van der Waals surface area contributed by atoms with Crippen molar-refractivity contribution in [2.45, 2.75) is 38.6 Å². The van der Waals surface area contributed by atoms with Crippen molar-refractivity contribution >= 4 is 18.3 Å². The molecule has 0 bridgehead atoms. The van der Waals surface area contributed by atoms with Crippen LogP contribution < -0.4 is 10.6 Å². The van der Waals surface area contributed by atoms with Crippen molar-refractivity contribution in [2.24, 2.45) is 5.41 Å². The zero-order chi connectivity index (χ0) is 9.31. The van der Waals surface area contributed by atoms with Crippen LogP contribution in [-0.4, -0.2) is 25.0 Å². The molecular formula is C10H19ClN2O. The zero-order valence-corrected chi connectivity index (χ0v) is 9.45. The van der Waals surface area contributed by atoms with E-state index >= 15 is 0 Å². The van der Waals surface area contributed by atoms with E-state index in [1.165, 1.54) is 6.42 Å².